The summed E-state index contributed by atoms with van der Waals surface area (Å²) < 4.78 is 10.6. The van der Waals surface area contributed by atoms with Crippen molar-refractivity contribution in [3.8, 4) is 17.2 Å². The molecule has 3 aromatic rings. The quantitative estimate of drug-likeness (QED) is 0.790. The number of amides is 1. The van der Waals surface area contributed by atoms with E-state index in [2.05, 4.69) is 15.5 Å². The van der Waals surface area contributed by atoms with Crippen LogP contribution in [0.5, 0.6) is 5.75 Å². The monoisotopic (exact) mass is 329 g/mol. The maximum Gasteiger partial charge on any atom is 0.313 e. The first kappa shape index (κ1) is 15.1. The molecule has 0 radical (unpaired) electrons. The van der Waals surface area contributed by atoms with Gasteiger partial charge >= 0.3 is 11.8 Å². The fraction of sp³-hybridized carbons (Fsp3) is 0.0625. The van der Waals surface area contributed by atoms with Crippen molar-refractivity contribution in [1.29, 1.82) is 0 Å². The lowest BCUT2D eigenvalue weighted by atomic mass is 10.2. The van der Waals surface area contributed by atoms with E-state index >= 15 is 0 Å². The molecule has 7 heteroatoms. The number of nitrogens with zero attached hydrogens (tertiary/aromatic N) is 2. The molecule has 1 heterocycles. The fourth-order valence-corrected chi connectivity index (χ4v) is 2.20. The summed E-state index contributed by atoms with van der Waals surface area (Å²) in [7, 11) is 1.52. The predicted octanol–water partition coefficient (Wildman–Crippen LogP) is 3.65. The van der Waals surface area contributed by atoms with Gasteiger partial charge < -0.3 is 14.5 Å². The Hall–Kier alpha value is -2.86. The Labute approximate surface area is 137 Å². The number of rotatable bonds is 4. The second kappa shape index (κ2) is 6.50. The van der Waals surface area contributed by atoms with Crippen LogP contribution in [-0.2, 0) is 0 Å². The number of aromatic nitrogens is 2. The Bertz CT molecular complexity index is 848. The van der Waals surface area contributed by atoms with Crippen LogP contribution in [0.25, 0.3) is 11.5 Å². The van der Waals surface area contributed by atoms with Crippen LogP contribution in [-0.4, -0.2) is 23.2 Å². The molecule has 1 N–H and O–H groups in total. The Balaban J connectivity index is 1.83. The zero-order valence-corrected chi connectivity index (χ0v) is 12.9. The van der Waals surface area contributed by atoms with Crippen LogP contribution in [0.3, 0.4) is 0 Å². The Kier molecular flexibility index (Phi) is 4.25. The molecule has 0 aliphatic heterocycles. The van der Waals surface area contributed by atoms with E-state index in [1.165, 1.54) is 7.11 Å². The number of carbonyl (C=O) groups excluding carboxylic acids is 1. The van der Waals surface area contributed by atoms with Crippen LogP contribution < -0.4 is 10.1 Å². The summed E-state index contributed by atoms with van der Waals surface area (Å²) in [6.45, 7) is 0. The minimum atomic E-state index is -0.527. The van der Waals surface area contributed by atoms with E-state index in [4.69, 9.17) is 20.8 Å². The van der Waals surface area contributed by atoms with Gasteiger partial charge in [0, 0.05) is 0 Å². The van der Waals surface area contributed by atoms with Gasteiger partial charge in [0.25, 0.3) is 0 Å². The zero-order chi connectivity index (χ0) is 16.2. The van der Waals surface area contributed by atoms with Gasteiger partial charge in [-0.2, -0.15) is 0 Å². The van der Waals surface area contributed by atoms with Gasteiger partial charge in [-0.15, -0.1) is 10.2 Å². The van der Waals surface area contributed by atoms with Crippen molar-refractivity contribution in [1.82, 2.24) is 10.2 Å². The van der Waals surface area contributed by atoms with E-state index in [0.717, 1.165) is 0 Å². The van der Waals surface area contributed by atoms with Crippen molar-refractivity contribution in [2.24, 2.45) is 0 Å². The average molecular weight is 330 g/mol. The van der Waals surface area contributed by atoms with Crippen LogP contribution in [0.4, 0.5) is 5.69 Å². The largest absolute Gasteiger partial charge is 0.495 e. The van der Waals surface area contributed by atoms with Crippen LogP contribution in [0, 0.1) is 0 Å². The molecule has 3 rings (SSSR count). The fourth-order valence-electron chi connectivity index (χ4n) is 1.98. The number of hydrogen-bond acceptors (Lipinski definition) is 5. The summed E-state index contributed by atoms with van der Waals surface area (Å²) in [5.41, 5.74) is 1.08. The Morgan fingerprint density at radius 1 is 1.13 bits per heavy atom. The third-order valence-electron chi connectivity index (χ3n) is 3.08. The van der Waals surface area contributed by atoms with Crippen molar-refractivity contribution in [2.75, 3.05) is 12.4 Å². The van der Waals surface area contributed by atoms with Crippen LogP contribution in [0.15, 0.2) is 52.9 Å². The number of methoxy groups -OCH3 is 1. The molecule has 0 saturated heterocycles. The molecular formula is C16H12ClN3O3. The van der Waals surface area contributed by atoms with E-state index in [1.807, 2.05) is 0 Å². The second-order valence-electron chi connectivity index (χ2n) is 4.55. The maximum atomic E-state index is 12.2. The van der Waals surface area contributed by atoms with Gasteiger partial charge in [-0.05, 0) is 24.3 Å². The highest BCUT2D eigenvalue weighted by Crippen LogP contribution is 2.27. The number of ether oxygens (including phenoxy) is 1. The molecule has 0 spiro atoms. The summed E-state index contributed by atoms with van der Waals surface area (Å²) in [6, 6.07) is 14.0. The van der Waals surface area contributed by atoms with Crippen LogP contribution in [0.2, 0.25) is 5.02 Å². The first-order valence-electron chi connectivity index (χ1n) is 6.72. The summed E-state index contributed by atoms with van der Waals surface area (Å²) in [5, 5.41) is 10.7. The maximum absolute atomic E-state index is 12.2. The molecule has 1 amide bonds. The number of benzene rings is 2. The Morgan fingerprint density at radius 2 is 1.87 bits per heavy atom. The van der Waals surface area contributed by atoms with Gasteiger partial charge in [0.05, 0.1) is 23.4 Å². The molecule has 0 fully saturated rings. The molecule has 0 unspecified atom stereocenters. The third-order valence-corrected chi connectivity index (χ3v) is 3.41. The minimum absolute atomic E-state index is 0.161. The molecule has 0 aliphatic rings. The summed E-state index contributed by atoms with van der Waals surface area (Å²) >= 11 is 6.07. The SMILES string of the molecule is COc1ccccc1NC(=O)c1nnc(-c2ccccc2Cl)o1. The topological polar surface area (TPSA) is 77.2 Å². The average Bonchev–Trinajstić information content (AvgIpc) is 3.05. The van der Waals surface area contributed by atoms with Crippen LogP contribution in [0.1, 0.15) is 10.7 Å². The summed E-state index contributed by atoms with van der Waals surface area (Å²) in [5.74, 6) is 0.0265. The molecule has 0 atom stereocenters. The van der Waals surface area contributed by atoms with Gasteiger partial charge in [-0.1, -0.05) is 35.9 Å². The molecular weight excluding hydrogens is 318 g/mol. The van der Waals surface area contributed by atoms with Gasteiger partial charge in [0.1, 0.15) is 5.75 Å². The normalized spacial score (nSPS) is 10.3. The van der Waals surface area contributed by atoms with Gasteiger partial charge in [0.2, 0.25) is 5.89 Å². The van der Waals surface area contributed by atoms with E-state index < -0.39 is 5.91 Å². The number of anilines is 1. The second-order valence-corrected chi connectivity index (χ2v) is 4.95. The number of para-hydroxylation sites is 2. The standard InChI is InChI=1S/C16H12ClN3O3/c1-22-13-9-5-4-8-12(13)18-14(21)16-20-19-15(23-16)10-6-2-3-7-11(10)17/h2-9H,1H3,(H,18,21). The molecule has 1 aromatic heterocycles. The van der Waals surface area contributed by atoms with Gasteiger partial charge in [-0.3, -0.25) is 4.79 Å². The van der Waals surface area contributed by atoms with Gasteiger partial charge in [-0.25, -0.2) is 0 Å². The highest BCUT2D eigenvalue weighted by molar-refractivity contribution is 6.33. The lowest BCUT2D eigenvalue weighted by Crippen LogP contribution is -2.13. The number of carbonyl (C=O) groups is 1. The zero-order valence-electron chi connectivity index (χ0n) is 12.1. The highest BCUT2D eigenvalue weighted by atomic mass is 35.5. The summed E-state index contributed by atoms with van der Waals surface area (Å²) in [6.07, 6.45) is 0. The minimum Gasteiger partial charge on any atom is -0.495 e. The molecule has 116 valence electrons. The smallest absolute Gasteiger partial charge is 0.313 e. The third kappa shape index (κ3) is 3.17. The number of hydrogen-bond donors (Lipinski definition) is 1. The molecule has 0 bridgehead atoms. The van der Waals surface area contributed by atoms with E-state index in [1.54, 1.807) is 48.5 Å². The first-order chi connectivity index (χ1) is 11.2. The van der Waals surface area contributed by atoms with Crippen molar-refractivity contribution >= 4 is 23.2 Å². The molecule has 2 aromatic carbocycles. The van der Waals surface area contributed by atoms with Crippen LogP contribution >= 0.6 is 11.6 Å². The molecule has 0 aliphatic carbocycles. The Morgan fingerprint density at radius 3 is 2.65 bits per heavy atom. The predicted molar refractivity (Wildman–Crippen MR) is 85.7 cm³/mol. The number of halogens is 1. The number of nitrogens with one attached hydrogen (secondary N) is 1. The molecule has 6 nitrogen and oxygen atoms in total. The van der Waals surface area contributed by atoms with E-state index in [-0.39, 0.29) is 11.8 Å². The van der Waals surface area contributed by atoms with E-state index in [0.29, 0.717) is 22.0 Å². The molecule has 0 saturated carbocycles. The summed E-state index contributed by atoms with van der Waals surface area (Å²) in [4.78, 5) is 12.2. The van der Waals surface area contributed by atoms with Crippen molar-refractivity contribution in [3.05, 3.63) is 59.4 Å². The lowest BCUT2D eigenvalue weighted by molar-refractivity contribution is 0.0990. The van der Waals surface area contributed by atoms with Crippen molar-refractivity contribution < 1.29 is 13.9 Å². The van der Waals surface area contributed by atoms with Gasteiger partial charge in [0.15, 0.2) is 0 Å². The van der Waals surface area contributed by atoms with Crippen molar-refractivity contribution in [3.63, 3.8) is 0 Å². The van der Waals surface area contributed by atoms with Crippen molar-refractivity contribution in [2.45, 2.75) is 0 Å². The lowest BCUT2D eigenvalue weighted by Gasteiger charge is -2.07. The highest BCUT2D eigenvalue weighted by Gasteiger charge is 2.18. The van der Waals surface area contributed by atoms with E-state index in [9.17, 15) is 4.79 Å². The molecule has 23 heavy (non-hydrogen) atoms. The first-order valence-corrected chi connectivity index (χ1v) is 7.09.